The van der Waals surface area contributed by atoms with E-state index >= 15 is 0 Å². The lowest BCUT2D eigenvalue weighted by Gasteiger charge is -2.28. The van der Waals surface area contributed by atoms with Crippen molar-refractivity contribution < 1.29 is 26.4 Å². The van der Waals surface area contributed by atoms with Gasteiger partial charge in [-0.25, -0.2) is 0 Å². The van der Waals surface area contributed by atoms with E-state index in [4.69, 9.17) is 13.3 Å². The fourth-order valence-electron chi connectivity index (χ4n) is 2.55. The lowest BCUT2D eigenvalue weighted by molar-refractivity contribution is -0.135. The highest BCUT2D eigenvalue weighted by Crippen LogP contribution is 2.24. The molecule has 23 heavy (non-hydrogen) atoms. The molecule has 140 valence electrons. The first-order valence-corrected chi connectivity index (χ1v) is 10.8. The summed E-state index contributed by atoms with van der Waals surface area (Å²) in [6, 6.07) is 0.816. The van der Waals surface area contributed by atoms with E-state index in [9.17, 15) is 13.2 Å². The molecule has 0 aromatic carbocycles. The standard InChI is InChI=1S/C16H33F3O3Si/c1-4-20-23(21-5-2,22-6-3)15-13-11-9-7-8-10-12-14-16(17,18)19/h4-15H2,1-3H3. The van der Waals surface area contributed by atoms with E-state index in [0.29, 0.717) is 26.2 Å². The second-order valence-corrected chi connectivity index (χ2v) is 8.30. The number of alkyl halides is 3. The third-order valence-electron chi connectivity index (χ3n) is 3.54. The predicted molar refractivity (Wildman–Crippen MR) is 88.4 cm³/mol. The zero-order valence-electron chi connectivity index (χ0n) is 14.8. The fraction of sp³-hybridized carbons (Fsp3) is 1.00. The second-order valence-electron chi connectivity index (χ2n) is 5.57. The number of rotatable bonds is 15. The van der Waals surface area contributed by atoms with Crippen molar-refractivity contribution in [1.82, 2.24) is 0 Å². The Hall–Kier alpha value is -0.113. The maximum absolute atomic E-state index is 12.0. The van der Waals surface area contributed by atoms with Gasteiger partial charge in [-0.05, 0) is 33.6 Å². The van der Waals surface area contributed by atoms with Crippen molar-refractivity contribution in [2.45, 2.75) is 84.4 Å². The van der Waals surface area contributed by atoms with E-state index in [0.717, 1.165) is 38.1 Å². The van der Waals surface area contributed by atoms with Crippen LogP contribution in [0.5, 0.6) is 0 Å². The van der Waals surface area contributed by atoms with Crippen LogP contribution >= 0.6 is 0 Å². The Morgan fingerprint density at radius 1 is 0.652 bits per heavy atom. The summed E-state index contributed by atoms with van der Waals surface area (Å²) < 4.78 is 53.4. The summed E-state index contributed by atoms with van der Waals surface area (Å²) in [6.07, 6.45) is 1.18. The highest BCUT2D eigenvalue weighted by Gasteiger charge is 2.39. The molecule has 3 nitrogen and oxygen atoms in total. The van der Waals surface area contributed by atoms with Gasteiger partial charge in [0, 0.05) is 32.3 Å². The molecule has 0 fully saturated rings. The molecule has 0 aromatic heterocycles. The average molecular weight is 359 g/mol. The molecule has 0 amide bonds. The van der Waals surface area contributed by atoms with E-state index in [-0.39, 0.29) is 6.42 Å². The van der Waals surface area contributed by atoms with Gasteiger partial charge in [0.25, 0.3) is 0 Å². The van der Waals surface area contributed by atoms with Crippen LogP contribution in [0.3, 0.4) is 0 Å². The van der Waals surface area contributed by atoms with Crippen LogP contribution in [0.2, 0.25) is 6.04 Å². The molecule has 0 rings (SSSR count). The first-order chi connectivity index (χ1) is 10.9. The lowest BCUT2D eigenvalue weighted by atomic mass is 10.1. The van der Waals surface area contributed by atoms with Crippen LogP contribution in [0.1, 0.15) is 72.1 Å². The van der Waals surface area contributed by atoms with Gasteiger partial charge in [-0.2, -0.15) is 13.2 Å². The lowest BCUT2D eigenvalue weighted by Crippen LogP contribution is -2.45. The van der Waals surface area contributed by atoms with E-state index in [2.05, 4.69) is 0 Å². The first kappa shape index (κ1) is 22.9. The van der Waals surface area contributed by atoms with Gasteiger partial charge in [-0.15, -0.1) is 0 Å². The summed E-state index contributed by atoms with van der Waals surface area (Å²) in [5, 5.41) is 0. The molecule has 0 N–H and O–H groups in total. The van der Waals surface area contributed by atoms with E-state index in [1.165, 1.54) is 0 Å². The van der Waals surface area contributed by atoms with Gasteiger partial charge in [0.15, 0.2) is 0 Å². The van der Waals surface area contributed by atoms with E-state index in [1.807, 2.05) is 20.8 Å². The summed E-state index contributed by atoms with van der Waals surface area (Å²) in [4.78, 5) is 0. The topological polar surface area (TPSA) is 27.7 Å². The molecular weight excluding hydrogens is 325 g/mol. The molecule has 0 aromatic rings. The molecule has 0 aliphatic rings. The summed E-state index contributed by atoms with van der Waals surface area (Å²) in [7, 11) is -2.52. The van der Waals surface area contributed by atoms with Crippen LogP contribution in [-0.2, 0) is 13.3 Å². The van der Waals surface area contributed by atoms with Gasteiger partial charge >= 0.3 is 15.0 Å². The maximum atomic E-state index is 12.0. The minimum Gasteiger partial charge on any atom is -0.374 e. The Labute approximate surface area is 140 Å². The van der Waals surface area contributed by atoms with Crippen molar-refractivity contribution in [3.63, 3.8) is 0 Å². The largest absolute Gasteiger partial charge is 0.500 e. The highest BCUT2D eigenvalue weighted by molar-refractivity contribution is 6.60. The molecule has 0 saturated heterocycles. The highest BCUT2D eigenvalue weighted by atomic mass is 28.4. The number of hydrogen-bond donors (Lipinski definition) is 0. The average Bonchev–Trinajstić information content (AvgIpc) is 2.45. The quantitative estimate of drug-likeness (QED) is 0.277. The number of unbranched alkanes of at least 4 members (excludes halogenated alkanes) is 6. The van der Waals surface area contributed by atoms with Crippen LogP contribution in [0.4, 0.5) is 13.2 Å². The molecule has 0 bridgehead atoms. The summed E-state index contributed by atoms with van der Waals surface area (Å²) in [5.41, 5.74) is 0. The Balaban J connectivity index is 3.77. The number of hydrogen-bond acceptors (Lipinski definition) is 3. The van der Waals surface area contributed by atoms with Crippen LogP contribution in [0.25, 0.3) is 0 Å². The van der Waals surface area contributed by atoms with Gasteiger partial charge in [-0.3, -0.25) is 0 Å². The predicted octanol–water partition coefficient (Wildman–Crippen LogP) is 5.72. The summed E-state index contributed by atoms with van der Waals surface area (Å²) in [5.74, 6) is 0. The Bertz CT molecular complexity index is 259. The van der Waals surface area contributed by atoms with Gasteiger partial charge in [-0.1, -0.05) is 32.1 Å². The monoisotopic (exact) mass is 358 g/mol. The van der Waals surface area contributed by atoms with Crippen molar-refractivity contribution >= 4 is 8.80 Å². The summed E-state index contributed by atoms with van der Waals surface area (Å²) in [6.45, 7) is 7.60. The van der Waals surface area contributed by atoms with Gasteiger partial charge in [0.2, 0.25) is 0 Å². The van der Waals surface area contributed by atoms with Crippen LogP contribution in [0.15, 0.2) is 0 Å². The molecule has 0 unspecified atom stereocenters. The third kappa shape index (κ3) is 12.9. The molecule has 0 heterocycles. The van der Waals surface area contributed by atoms with E-state index < -0.39 is 21.4 Å². The molecule has 0 radical (unpaired) electrons. The van der Waals surface area contributed by atoms with Crippen LogP contribution < -0.4 is 0 Å². The molecule has 0 aliphatic carbocycles. The van der Waals surface area contributed by atoms with Crippen molar-refractivity contribution in [3.05, 3.63) is 0 Å². The molecule has 0 saturated carbocycles. The molecule has 0 atom stereocenters. The minimum absolute atomic E-state index is 0.249. The van der Waals surface area contributed by atoms with Gasteiger partial charge < -0.3 is 13.3 Å². The maximum Gasteiger partial charge on any atom is 0.500 e. The first-order valence-electron chi connectivity index (χ1n) is 8.87. The fourth-order valence-corrected chi connectivity index (χ4v) is 5.24. The Morgan fingerprint density at radius 3 is 1.43 bits per heavy atom. The molecule has 7 heteroatoms. The van der Waals surface area contributed by atoms with Crippen molar-refractivity contribution in [2.75, 3.05) is 19.8 Å². The second kappa shape index (κ2) is 13.2. The van der Waals surface area contributed by atoms with Crippen molar-refractivity contribution in [1.29, 1.82) is 0 Å². The summed E-state index contributed by atoms with van der Waals surface area (Å²) >= 11 is 0. The SMILES string of the molecule is CCO[Si](CCCCCCCCCC(F)(F)F)(OCC)OCC. The normalized spacial score (nSPS) is 12.8. The molecular formula is C16H33F3O3Si. The Kier molecular flexibility index (Phi) is 13.1. The van der Waals surface area contributed by atoms with Crippen LogP contribution in [0, 0.1) is 0 Å². The number of halogens is 3. The zero-order chi connectivity index (χ0) is 17.6. The minimum atomic E-state index is -4.01. The van der Waals surface area contributed by atoms with Crippen molar-refractivity contribution in [2.24, 2.45) is 0 Å². The van der Waals surface area contributed by atoms with E-state index in [1.54, 1.807) is 0 Å². The zero-order valence-corrected chi connectivity index (χ0v) is 15.8. The van der Waals surface area contributed by atoms with Crippen LogP contribution in [-0.4, -0.2) is 34.8 Å². The van der Waals surface area contributed by atoms with Gasteiger partial charge in [0.05, 0.1) is 0 Å². The van der Waals surface area contributed by atoms with Gasteiger partial charge in [0.1, 0.15) is 0 Å². The smallest absolute Gasteiger partial charge is 0.374 e. The molecule has 0 spiro atoms. The Morgan fingerprint density at radius 2 is 1.04 bits per heavy atom. The van der Waals surface area contributed by atoms with Crippen molar-refractivity contribution in [3.8, 4) is 0 Å². The third-order valence-corrected chi connectivity index (χ3v) is 6.69. The molecule has 0 aliphatic heterocycles.